The summed E-state index contributed by atoms with van der Waals surface area (Å²) < 4.78 is 15.0. The Hall–Kier alpha value is -1.07. The summed E-state index contributed by atoms with van der Waals surface area (Å²) in [5.41, 5.74) is 3.50. The molecule has 0 spiro atoms. The van der Waals surface area contributed by atoms with Gasteiger partial charge in [0.25, 0.3) is 0 Å². The number of rotatable bonds is 6. The van der Waals surface area contributed by atoms with E-state index >= 15 is 0 Å². The Labute approximate surface area is 156 Å². The maximum absolute atomic E-state index is 13.9. The summed E-state index contributed by atoms with van der Waals surface area (Å²) in [6.07, 6.45) is 4.13. The number of nitrogens with one attached hydrogen (secondary N) is 1. The maximum Gasteiger partial charge on any atom is 0.125 e. The molecule has 0 aromatic heterocycles. The Morgan fingerprint density at radius 3 is 2.96 bits per heavy atom. The molecule has 24 heavy (non-hydrogen) atoms. The summed E-state index contributed by atoms with van der Waals surface area (Å²) in [6, 6.07) is 6.33. The molecule has 0 radical (unpaired) electrons. The van der Waals surface area contributed by atoms with Gasteiger partial charge in [0, 0.05) is 34.1 Å². The zero-order chi connectivity index (χ0) is 17.5. The first-order valence-electron chi connectivity index (χ1n) is 8.20. The van der Waals surface area contributed by atoms with Crippen LogP contribution >= 0.6 is 27.7 Å². The van der Waals surface area contributed by atoms with Gasteiger partial charge in [0.1, 0.15) is 11.7 Å². The van der Waals surface area contributed by atoms with E-state index in [2.05, 4.69) is 58.3 Å². The Morgan fingerprint density at radius 2 is 2.29 bits per heavy atom. The summed E-state index contributed by atoms with van der Waals surface area (Å²) in [6.45, 7) is 7.65. The number of allylic oxidation sites excluding steroid dienone is 3. The molecule has 5 heteroatoms. The molecule has 0 saturated heterocycles. The summed E-state index contributed by atoms with van der Waals surface area (Å²) in [5.74, 6) is 1.50. The molecule has 0 amide bonds. The first kappa shape index (κ1) is 19.3. The van der Waals surface area contributed by atoms with Crippen LogP contribution < -0.4 is 5.32 Å². The Kier molecular flexibility index (Phi) is 7.56. The van der Waals surface area contributed by atoms with Gasteiger partial charge in [-0.25, -0.2) is 4.39 Å². The van der Waals surface area contributed by atoms with E-state index in [9.17, 15) is 4.39 Å². The minimum absolute atomic E-state index is 0.151. The van der Waals surface area contributed by atoms with E-state index in [1.807, 2.05) is 0 Å². The van der Waals surface area contributed by atoms with Gasteiger partial charge in [0.15, 0.2) is 0 Å². The first-order valence-corrected chi connectivity index (χ1v) is 10.0. The second-order valence-corrected chi connectivity index (χ2v) is 8.05. The molecule has 0 aliphatic carbocycles. The van der Waals surface area contributed by atoms with Gasteiger partial charge in [-0.2, -0.15) is 0 Å². The van der Waals surface area contributed by atoms with E-state index in [-0.39, 0.29) is 11.1 Å². The van der Waals surface area contributed by atoms with Crippen LogP contribution in [0, 0.1) is 6.92 Å². The molecule has 130 valence electrons. The number of benzene rings is 1. The van der Waals surface area contributed by atoms with E-state index in [1.54, 1.807) is 24.8 Å². The smallest absolute Gasteiger partial charge is 0.125 e. The van der Waals surface area contributed by atoms with Gasteiger partial charge in [0.2, 0.25) is 0 Å². The van der Waals surface area contributed by atoms with Crippen molar-refractivity contribution in [3.63, 3.8) is 0 Å². The lowest BCUT2D eigenvalue weighted by Crippen LogP contribution is -2.33. The monoisotopic (exact) mass is 410 g/mol. The van der Waals surface area contributed by atoms with Gasteiger partial charge in [-0.05, 0) is 56.5 Å². The van der Waals surface area contributed by atoms with Crippen LogP contribution in [-0.2, 0) is 5.75 Å². The highest BCUT2D eigenvalue weighted by Gasteiger charge is 2.18. The minimum atomic E-state index is -0.217. The van der Waals surface area contributed by atoms with Gasteiger partial charge in [0.05, 0.1) is 0 Å². The van der Waals surface area contributed by atoms with Gasteiger partial charge >= 0.3 is 0 Å². The highest BCUT2D eigenvalue weighted by Crippen LogP contribution is 2.28. The molecule has 1 aliphatic rings. The number of amidine groups is 1. The number of hydrogen-bond donors (Lipinski definition) is 1. The van der Waals surface area contributed by atoms with Crippen LogP contribution in [0.25, 0.3) is 0 Å². The molecule has 1 unspecified atom stereocenters. The van der Waals surface area contributed by atoms with Crippen LogP contribution in [0.1, 0.15) is 31.4 Å². The van der Waals surface area contributed by atoms with Crippen molar-refractivity contribution in [3.8, 4) is 0 Å². The van der Waals surface area contributed by atoms with Crippen molar-refractivity contribution in [2.45, 2.75) is 38.2 Å². The van der Waals surface area contributed by atoms with Crippen LogP contribution in [0.4, 0.5) is 4.39 Å². The third kappa shape index (κ3) is 5.49. The molecule has 2 nitrogen and oxygen atoms in total. The van der Waals surface area contributed by atoms with Crippen LogP contribution in [0.5, 0.6) is 0 Å². The van der Waals surface area contributed by atoms with Crippen molar-refractivity contribution in [1.29, 1.82) is 0 Å². The number of aliphatic imine (C=N–C) groups is 1. The number of aryl methyl sites for hydroxylation is 1. The summed E-state index contributed by atoms with van der Waals surface area (Å²) >= 11 is 5.33. The van der Waals surface area contributed by atoms with Crippen molar-refractivity contribution >= 4 is 33.5 Å². The second-order valence-electron chi connectivity index (χ2n) is 5.81. The topological polar surface area (TPSA) is 24.4 Å². The summed E-state index contributed by atoms with van der Waals surface area (Å²) in [4.78, 5) is 4.55. The molecule has 1 heterocycles. The third-order valence-corrected chi connectivity index (χ3v) is 5.70. The lowest BCUT2D eigenvalue weighted by Gasteiger charge is -2.22. The van der Waals surface area contributed by atoms with E-state index in [0.717, 1.165) is 41.1 Å². The molecule has 0 saturated carbocycles. The molecule has 2 rings (SSSR count). The molecule has 1 aromatic rings. The lowest BCUT2D eigenvalue weighted by atomic mass is 10.1. The summed E-state index contributed by atoms with van der Waals surface area (Å²) in [5, 5.41) is 3.47. The van der Waals surface area contributed by atoms with Crippen molar-refractivity contribution in [2.24, 2.45) is 4.99 Å². The van der Waals surface area contributed by atoms with Gasteiger partial charge < -0.3 is 5.32 Å². The second kappa shape index (κ2) is 9.42. The molecular weight excluding hydrogens is 387 g/mol. The molecule has 0 bridgehead atoms. The van der Waals surface area contributed by atoms with Crippen molar-refractivity contribution in [1.82, 2.24) is 5.32 Å². The lowest BCUT2D eigenvalue weighted by molar-refractivity contribution is 0.662. The standard InChI is InChI=1S/C19H24BrFN2S/c1-4-17(21)11-18(19-22-8-5-9-23-19)14(3)24-12-15-10-16(20)7-6-13(15)2/h4,6-7,10-11,14H,5,8-9,12H2,1-3H3,(H,22,23)/b17-4+,18-11+. The number of nitrogens with zero attached hydrogens (tertiary/aromatic N) is 1. The summed E-state index contributed by atoms with van der Waals surface area (Å²) in [7, 11) is 0. The fraction of sp³-hybridized carbons (Fsp3) is 0.421. The van der Waals surface area contributed by atoms with E-state index in [1.165, 1.54) is 17.2 Å². The predicted octanol–water partition coefficient (Wildman–Crippen LogP) is 5.57. The molecule has 1 aliphatic heterocycles. The number of hydrogen-bond acceptors (Lipinski definition) is 3. The quantitative estimate of drug-likeness (QED) is 0.619. The largest absolute Gasteiger partial charge is 0.370 e. The van der Waals surface area contributed by atoms with Crippen molar-refractivity contribution in [3.05, 3.63) is 57.4 Å². The minimum Gasteiger partial charge on any atom is -0.370 e. The zero-order valence-electron chi connectivity index (χ0n) is 14.4. The Morgan fingerprint density at radius 1 is 1.50 bits per heavy atom. The van der Waals surface area contributed by atoms with Crippen molar-refractivity contribution in [2.75, 3.05) is 13.1 Å². The number of halogens is 2. The van der Waals surface area contributed by atoms with Crippen molar-refractivity contribution < 1.29 is 4.39 Å². The SMILES string of the molecule is C/C=C(F)\C=C(\C1=NCCCN1)C(C)SCc1cc(Br)ccc1C. The molecule has 1 aromatic carbocycles. The highest BCUT2D eigenvalue weighted by atomic mass is 79.9. The van der Waals surface area contributed by atoms with E-state index in [4.69, 9.17) is 0 Å². The van der Waals surface area contributed by atoms with Crippen LogP contribution in [0.3, 0.4) is 0 Å². The van der Waals surface area contributed by atoms with Crippen LogP contribution in [0.2, 0.25) is 0 Å². The average Bonchev–Trinajstić information content (AvgIpc) is 2.60. The molecule has 1 N–H and O–H groups in total. The number of thioether (sulfide) groups is 1. The molecular formula is C19H24BrFN2S. The van der Waals surface area contributed by atoms with Crippen LogP contribution in [-0.4, -0.2) is 24.2 Å². The first-order chi connectivity index (χ1) is 11.5. The Balaban J connectivity index is 2.15. The third-order valence-electron chi connectivity index (χ3n) is 3.98. The highest BCUT2D eigenvalue weighted by molar-refractivity contribution is 9.10. The molecule has 0 fully saturated rings. The fourth-order valence-corrected chi connectivity index (χ4v) is 3.94. The van der Waals surface area contributed by atoms with Crippen LogP contribution in [0.15, 0.2) is 51.2 Å². The maximum atomic E-state index is 13.9. The van der Waals surface area contributed by atoms with Gasteiger partial charge in [-0.3, -0.25) is 4.99 Å². The van der Waals surface area contributed by atoms with Gasteiger partial charge in [-0.15, -0.1) is 11.8 Å². The fourth-order valence-electron chi connectivity index (χ4n) is 2.44. The van der Waals surface area contributed by atoms with Gasteiger partial charge in [-0.1, -0.05) is 28.1 Å². The average molecular weight is 411 g/mol. The van der Waals surface area contributed by atoms with E-state index in [0.29, 0.717) is 0 Å². The predicted molar refractivity (Wildman–Crippen MR) is 108 cm³/mol. The normalized spacial score (nSPS) is 17.3. The molecule has 1 atom stereocenters. The van der Waals surface area contributed by atoms with E-state index < -0.39 is 0 Å². The Bertz CT molecular complexity index is 667. The zero-order valence-corrected chi connectivity index (χ0v) is 16.8.